The summed E-state index contributed by atoms with van der Waals surface area (Å²) in [6.45, 7) is 0.453. The summed E-state index contributed by atoms with van der Waals surface area (Å²) in [5, 5.41) is 4.35. The zero-order valence-corrected chi connectivity index (χ0v) is 14.8. The van der Waals surface area contributed by atoms with Crippen LogP contribution in [-0.4, -0.2) is 31.6 Å². The summed E-state index contributed by atoms with van der Waals surface area (Å²) in [5.74, 6) is 0.534. The molecule has 2 aromatic heterocycles. The predicted molar refractivity (Wildman–Crippen MR) is 95.3 cm³/mol. The molecule has 0 aliphatic rings. The minimum absolute atomic E-state index is 0.0384. The van der Waals surface area contributed by atoms with E-state index in [2.05, 4.69) is 25.3 Å². The lowest BCUT2D eigenvalue weighted by molar-refractivity contribution is -0.120. The molecule has 0 fully saturated rings. The molecule has 9 heteroatoms. The molecule has 0 bridgehead atoms. The van der Waals surface area contributed by atoms with Crippen LogP contribution in [0.3, 0.4) is 0 Å². The van der Waals surface area contributed by atoms with E-state index in [1.54, 1.807) is 6.07 Å². The molecule has 0 aliphatic carbocycles. The number of nitrogens with zero attached hydrogens (tertiary/aromatic N) is 3. The van der Waals surface area contributed by atoms with Gasteiger partial charge in [-0.1, -0.05) is 23.7 Å². The number of aromatic nitrogens is 4. The standard InChI is InChI=1S/C15H13Cl2N5OS/c16-10-3-1-2-9(6-10)7-18-11(23)4-5-24-14-12-13(20-8-19-12)21-15(17)22-14/h1-3,6,8H,4-5,7H2,(H,18,23)(H,19,20,21,22). The Balaban J connectivity index is 1.50. The Labute approximate surface area is 152 Å². The fourth-order valence-electron chi connectivity index (χ4n) is 2.06. The summed E-state index contributed by atoms with van der Waals surface area (Å²) < 4.78 is 0. The number of fused-ring (bicyclic) bond motifs is 1. The SMILES string of the molecule is O=C(CCSc1nc(Cl)nc2nc[nH]c12)NCc1cccc(Cl)c1. The first-order valence-corrected chi connectivity index (χ1v) is 8.86. The molecule has 0 aliphatic heterocycles. The van der Waals surface area contributed by atoms with Crippen LogP contribution in [0, 0.1) is 0 Å². The second-order valence-electron chi connectivity index (χ2n) is 4.90. The van der Waals surface area contributed by atoms with Crippen molar-refractivity contribution in [1.82, 2.24) is 25.3 Å². The number of hydrogen-bond donors (Lipinski definition) is 2. The Morgan fingerprint density at radius 1 is 1.29 bits per heavy atom. The van der Waals surface area contributed by atoms with Crippen LogP contribution in [0.2, 0.25) is 10.3 Å². The van der Waals surface area contributed by atoms with E-state index in [9.17, 15) is 4.79 Å². The number of rotatable bonds is 6. The summed E-state index contributed by atoms with van der Waals surface area (Å²) in [4.78, 5) is 27.2. The number of nitrogens with one attached hydrogen (secondary N) is 2. The van der Waals surface area contributed by atoms with Gasteiger partial charge in [0.05, 0.1) is 6.33 Å². The largest absolute Gasteiger partial charge is 0.352 e. The minimum Gasteiger partial charge on any atom is -0.352 e. The number of amides is 1. The number of H-pyrrole nitrogens is 1. The summed E-state index contributed by atoms with van der Waals surface area (Å²) in [5.41, 5.74) is 2.21. The minimum atomic E-state index is -0.0384. The zero-order chi connectivity index (χ0) is 16.9. The third-order valence-electron chi connectivity index (χ3n) is 3.17. The molecular weight excluding hydrogens is 369 g/mol. The van der Waals surface area contributed by atoms with Crippen molar-refractivity contribution in [3.8, 4) is 0 Å². The molecule has 0 unspecified atom stereocenters. The third-order valence-corrected chi connectivity index (χ3v) is 4.55. The van der Waals surface area contributed by atoms with Gasteiger partial charge in [-0.05, 0) is 29.3 Å². The van der Waals surface area contributed by atoms with Crippen molar-refractivity contribution in [3.63, 3.8) is 0 Å². The van der Waals surface area contributed by atoms with Crippen molar-refractivity contribution in [2.24, 2.45) is 0 Å². The van der Waals surface area contributed by atoms with Crippen LogP contribution in [0.4, 0.5) is 0 Å². The maximum Gasteiger partial charge on any atom is 0.225 e. The fraction of sp³-hybridized carbons (Fsp3) is 0.200. The Bertz CT molecular complexity index is 870. The molecule has 1 aromatic carbocycles. The molecule has 2 N–H and O–H groups in total. The number of carbonyl (C=O) groups is 1. The molecule has 124 valence electrons. The lowest BCUT2D eigenvalue weighted by Crippen LogP contribution is -2.22. The second-order valence-corrected chi connectivity index (χ2v) is 6.76. The van der Waals surface area contributed by atoms with Gasteiger partial charge in [0, 0.05) is 23.7 Å². The van der Waals surface area contributed by atoms with Gasteiger partial charge in [0.2, 0.25) is 11.2 Å². The van der Waals surface area contributed by atoms with Gasteiger partial charge >= 0.3 is 0 Å². The zero-order valence-electron chi connectivity index (χ0n) is 12.4. The molecule has 3 rings (SSSR count). The summed E-state index contributed by atoms with van der Waals surface area (Å²) in [6.07, 6.45) is 1.90. The molecule has 3 aromatic rings. The van der Waals surface area contributed by atoms with Gasteiger partial charge in [-0.3, -0.25) is 4.79 Å². The average Bonchev–Trinajstić information content (AvgIpc) is 3.01. The number of benzene rings is 1. The molecular formula is C15H13Cl2N5OS. The van der Waals surface area contributed by atoms with E-state index in [0.29, 0.717) is 34.4 Å². The van der Waals surface area contributed by atoms with Crippen molar-refractivity contribution in [2.45, 2.75) is 18.0 Å². The monoisotopic (exact) mass is 381 g/mol. The molecule has 6 nitrogen and oxygen atoms in total. The Morgan fingerprint density at radius 3 is 3.00 bits per heavy atom. The van der Waals surface area contributed by atoms with Gasteiger partial charge < -0.3 is 10.3 Å². The van der Waals surface area contributed by atoms with Crippen molar-refractivity contribution in [1.29, 1.82) is 0 Å². The summed E-state index contributed by atoms with van der Waals surface area (Å²) in [7, 11) is 0. The van der Waals surface area contributed by atoms with E-state index in [1.807, 2.05) is 18.2 Å². The van der Waals surface area contributed by atoms with Crippen LogP contribution in [0.5, 0.6) is 0 Å². The third kappa shape index (κ3) is 4.37. The van der Waals surface area contributed by atoms with E-state index in [-0.39, 0.29) is 11.2 Å². The van der Waals surface area contributed by atoms with Gasteiger partial charge in [-0.15, -0.1) is 11.8 Å². The number of hydrogen-bond acceptors (Lipinski definition) is 5. The fourth-order valence-corrected chi connectivity index (χ4v) is 3.42. The van der Waals surface area contributed by atoms with Crippen molar-refractivity contribution in [2.75, 3.05) is 5.75 Å². The average molecular weight is 382 g/mol. The van der Waals surface area contributed by atoms with Gasteiger partial charge in [-0.25, -0.2) is 9.97 Å². The van der Waals surface area contributed by atoms with Crippen molar-refractivity contribution < 1.29 is 4.79 Å². The first-order valence-electron chi connectivity index (χ1n) is 7.12. The molecule has 2 heterocycles. The topological polar surface area (TPSA) is 83.6 Å². The lowest BCUT2D eigenvalue weighted by atomic mass is 10.2. The highest BCUT2D eigenvalue weighted by atomic mass is 35.5. The summed E-state index contributed by atoms with van der Waals surface area (Å²) in [6, 6.07) is 7.40. The predicted octanol–water partition coefficient (Wildman–Crippen LogP) is 3.46. The maximum absolute atomic E-state index is 11.9. The van der Waals surface area contributed by atoms with Gasteiger partial charge in [0.25, 0.3) is 0 Å². The number of halogens is 2. The molecule has 0 saturated carbocycles. The normalized spacial score (nSPS) is 10.9. The van der Waals surface area contributed by atoms with Gasteiger partial charge in [0.1, 0.15) is 10.5 Å². The number of carbonyl (C=O) groups excluding carboxylic acids is 1. The van der Waals surface area contributed by atoms with Crippen LogP contribution in [-0.2, 0) is 11.3 Å². The second kappa shape index (κ2) is 7.83. The molecule has 0 saturated heterocycles. The first-order chi connectivity index (χ1) is 11.6. The Kier molecular flexibility index (Phi) is 5.55. The van der Waals surface area contributed by atoms with Crippen molar-refractivity contribution >= 4 is 52.0 Å². The molecule has 1 amide bonds. The van der Waals surface area contributed by atoms with Gasteiger partial charge in [0.15, 0.2) is 5.65 Å². The van der Waals surface area contributed by atoms with Crippen LogP contribution in [0.25, 0.3) is 11.2 Å². The Morgan fingerprint density at radius 2 is 2.17 bits per heavy atom. The first kappa shape index (κ1) is 17.0. The highest BCUT2D eigenvalue weighted by molar-refractivity contribution is 7.99. The van der Waals surface area contributed by atoms with Crippen LogP contribution in [0.15, 0.2) is 35.6 Å². The van der Waals surface area contributed by atoms with E-state index in [1.165, 1.54) is 18.1 Å². The van der Waals surface area contributed by atoms with E-state index < -0.39 is 0 Å². The highest BCUT2D eigenvalue weighted by Crippen LogP contribution is 2.24. The van der Waals surface area contributed by atoms with Crippen molar-refractivity contribution in [3.05, 3.63) is 46.5 Å². The summed E-state index contributed by atoms with van der Waals surface area (Å²) >= 11 is 13.2. The number of imidazole rings is 1. The molecule has 0 spiro atoms. The van der Waals surface area contributed by atoms with Crippen LogP contribution < -0.4 is 5.32 Å². The highest BCUT2D eigenvalue weighted by Gasteiger charge is 2.10. The molecule has 0 radical (unpaired) electrons. The number of thioether (sulfide) groups is 1. The quantitative estimate of drug-likeness (QED) is 0.388. The molecule has 0 atom stereocenters. The van der Waals surface area contributed by atoms with E-state index in [4.69, 9.17) is 23.2 Å². The molecule has 24 heavy (non-hydrogen) atoms. The van der Waals surface area contributed by atoms with E-state index in [0.717, 1.165) is 11.1 Å². The maximum atomic E-state index is 11.9. The smallest absolute Gasteiger partial charge is 0.225 e. The van der Waals surface area contributed by atoms with E-state index >= 15 is 0 Å². The number of aromatic amines is 1. The lowest BCUT2D eigenvalue weighted by Gasteiger charge is -2.06. The van der Waals surface area contributed by atoms with Crippen LogP contribution in [0.1, 0.15) is 12.0 Å². The van der Waals surface area contributed by atoms with Crippen LogP contribution >= 0.6 is 35.0 Å². The van der Waals surface area contributed by atoms with Gasteiger partial charge in [-0.2, -0.15) is 4.98 Å². The Hall–Kier alpha value is -1.83.